The van der Waals surface area contributed by atoms with E-state index in [-0.39, 0.29) is 18.4 Å². The molecule has 4 rings (SSSR count). The highest BCUT2D eigenvalue weighted by Gasteiger charge is 2.28. The van der Waals surface area contributed by atoms with Crippen molar-refractivity contribution in [2.45, 2.75) is 18.8 Å². The number of ether oxygens (including phenoxy) is 2. The Hall–Kier alpha value is -3.29. The number of hydrogen-bond acceptors (Lipinski definition) is 7. The fourth-order valence-corrected chi connectivity index (χ4v) is 3.24. The van der Waals surface area contributed by atoms with Crippen LogP contribution < -0.4 is 9.47 Å². The molecule has 0 spiro atoms. The van der Waals surface area contributed by atoms with Crippen LogP contribution in [0, 0.1) is 0 Å². The molecule has 2 aromatic heterocycles. The van der Waals surface area contributed by atoms with Crippen LogP contribution >= 0.6 is 0 Å². The molecule has 3 aromatic rings. The molecular formula is C20H21N3O5. The van der Waals surface area contributed by atoms with Gasteiger partial charge in [0, 0.05) is 19.0 Å². The molecule has 1 amide bonds. The SMILES string of the molecule is COc1ccccc1OCC(=O)N1CCC(c2nnc(-c3ccco3)o2)CC1. The normalized spacial score (nSPS) is 14.8. The van der Waals surface area contributed by atoms with E-state index in [2.05, 4.69) is 10.2 Å². The smallest absolute Gasteiger partial charge is 0.283 e. The van der Waals surface area contributed by atoms with E-state index in [4.69, 9.17) is 18.3 Å². The quantitative estimate of drug-likeness (QED) is 0.646. The second-order valence-electron chi connectivity index (χ2n) is 6.52. The van der Waals surface area contributed by atoms with Crippen LogP contribution in [0.25, 0.3) is 11.7 Å². The number of furan rings is 1. The summed E-state index contributed by atoms with van der Waals surface area (Å²) in [6.07, 6.45) is 3.09. The number of piperidine rings is 1. The van der Waals surface area contributed by atoms with E-state index >= 15 is 0 Å². The Morgan fingerprint density at radius 2 is 1.93 bits per heavy atom. The van der Waals surface area contributed by atoms with Gasteiger partial charge in [-0.25, -0.2) is 0 Å². The van der Waals surface area contributed by atoms with Gasteiger partial charge in [-0.15, -0.1) is 10.2 Å². The molecule has 0 bridgehead atoms. The molecule has 8 nitrogen and oxygen atoms in total. The van der Waals surface area contributed by atoms with Crippen molar-refractivity contribution in [2.24, 2.45) is 0 Å². The van der Waals surface area contributed by atoms with Gasteiger partial charge in [0.2, 0.25) is 5.89 Å². The zero-order valence-electron chi connectivity index (χ0n) is 15.5. The molecule has 1 fully saturated rings. The molecule has 0 N–H and O–H groups in total. The first-order valence-electron chi connectivity index (χ1n) is 9.15. The summed E-state index contributed by atoms with van der Waals surface area (Å²) in [4.78, 5) is 14.3. The number of benzene rings is 1. The third-order valence-corrected chi connectivity index (χ3v) is 4.79. The number of amides is 1. The number of likely N-dealkylation sites (tertiary alicyclic amines) is 1. The van der Waals surface area contributed by atoms with E-state index in [1.165, 1.54) is 0 Å². The molecular weight excluding hydrogens is 362 g/mol. The Morgan fingerprint density at radius 1 is 1.14 bits per heavy atom. The second-order valence-corrected chi connectivity index (χ2v) is 6.52. The van der Waals surface area contributed by atoms with Crippen LogP contribution in [0.5, 0.6) is 11.5 Å². The Kier molecular flexibility index (Phi) is 5.27. The lowest BCUT2D eigenvalue weighted by Crippen LogP contribution is -2.40. The maximum Gasteiger partial charge on any atom is 0.283 e. The van der Waals surface area contributed by atoms with Gasteiger partial charge in [-0.1, -0.05) is 12.1 Å². The van der Waals surface area contributed by atoms with E-state index in [0.717, 1.165) is 12.8 Å². The maximum absolute atomic E-state index is 12.5. The summed E-state index contributed by atoms with van der Waals surface area (Å²) in [5, 5.41) is 8.19. The molecule has 0 saturated carbocycles. The monoisotopic (exact) mass is 383 g/mol. The summed E-state index contributed by atoms with van der Waals surface area (Å²) in [5.74, 6) is 2.77. The number of carbonyl (C=O) groups excluding carboxylic acids is 1. The van der Waals surface area contributed by atoms with Crippen molar-refractivity contribution >= 4 is 5.91 Å². The summed E-state index contributed by atoms with van der Waals surface area (Å²) in [6.45, 7) is 1.22. The number of carbonyl (C=O) groups is 1. The molecule has 3 heterocycles. The molecule has 0 radical (unpaired) electrons. The van der Waals surface area contributed by atoms with Crippen LogP contribution in [0.3, 0.4) is 0 Å². The van der Waals surface area contributed by atoms with Gasteiger partial charge in [0.15, 0.2) is 23.9 Å². The first kappa shape index (κ1) is 18.1. The van der Waals surface area contributed by atoms with Gasteiger partial charge in [-0.3, -0.25) is 4.79 Å². The van der Waals surface area contributed by atoms with E-state index in [9.17, 15) is 4.79 Å². The minimum atomic E-state index is -0.0499. The van der Waals surface area contributed by atoms with Gasteiger partial charge >= 0.3 is 0 Å². The molecule has 0 aliphatic carbocycles. The lowest BCUT2D eigenvalue weighted by molar-refractivity contribution is -0.134. The first-order chi connectivity index (χ1) is 13.7. The average Bonchev–Trinajstić information content (AvgIpc) is 3.44. The van der Waals surface area contributed by atoms with Gasteiger partial charge in [-0.05, 0) is 37.1 Å². The van der Waals surface area contributed by atoms with Crippen molar-refractivity contribution in [3.05, 3.63) is 48.6 Å². The van der Waals surface area contributed by atoms with Gasteiger partial charge in [-0.2, -0.15) is 0 Å². The third kappa shape index (κ3) is 3.85. The van der Waals surface area contributed by atoms with E-state index < -0.39 is 0 Å². The minimum Gasteiger partial charge on any atom is -0.493 e. The van der Waals surface area contributed by atoms with Crippen molar-refractivity contribution in [1.82, 2.24) is 15.1 Å². The molecule has 0 atom stereocenters. The Morgan fingerprint density at radius 3 is 2.64 bits per heavy atom. The van der Waals surface area contributed by atoms with Crippen LogP contribution in [-0.2, 0) is 4.79 Å². The van der Waals surface area contributed by atoms with Crippen molar-refractivity contribution < 1.29 is 23.1 Å². The summed E-state index contributed by atoms with van der Waals surface area (Å²) >= 11 is 0. The fourth-order valence-electron chi connectivity index (χ4n) is 3.24. The number of methoxy groups -OCH3 is 1. The second kappa shape index (κ2) is 8.16. The highest BCUT2D eigenvalue weighted by molar-refractivity contribution is 5.78. The predicted octanol–water partition coefficient (Wildman–Crippen LogP) is 3.12. The van der Waals surface area contributed by atoms with Crippen molar-refractivity contribution in [3.63, 3.8) is 0 Å². The summed E-state index contributed by atoms with van der Waals surface area (Å²) in [5.41, 5.74) is 0. The number of aromatic nitrogens is 2. The van der Waals surface area contributed by atoms with Crippen LogP contribution in [0.4, 0.5) is 0 Å². The summed E-state index contributed by atoms with van der Waals surface area (Å²) in [7, 11) is 1.57. The lowest BCUT2D eigenvalue weighted by atomic mass is 9.97. The maximum atomic E-state index is 12.5. The van der Waals surface area contributed by atoms with Gasteiger partial charge in [0.25, 0.3) is 11.8 Å². The Balaban J connectivity index is 1.29. The zero-order chi connectivity index (χ0) is 19.3. The van der Waals surface area contributed by atoms with Crippen LogP contribution in [0.2, 0.25) is 0 Å². The molecule has 1 aliphatic heterocycles. The highest BCUT2D eigenvalue weighted by Crippen LogP contribution is 2.30. The summed E-state index contributed by atoms with van der Waals surface area (Å²) < 4.78 is 21.9. The van der Waals surface area contributed by atoms with Crippen LogP contribution in [0.1, 0.15) is 24.7 Å². The number of para-hydroxylation sites is 2. The van der Waals surface area contributed by atoms with Crippen molar-refractivity contribution in [2.75, 3.05) is 26.8 Å². The molecule has 28 heavy (non-hydrogen) atoms. The fraction of sp³-hybridized carbons (Fsp3) is 0.350. The molecule has 1 saturated heterocycles. The Labute approximate surface area is 162 Å². The standard InChI is InChI=1S/C20H21N3O5/c1-25-15-5-2-3-6-16(15)27-13-18(24)23-10-8-14(9-11-23)19-21-22-20(28-19)17-7-4-12-26-17/h2-7,12,14H,8-11,13H2,1H3. The number of nitrogens with zero attached hydrogens (tertiary/aromatic N) is 3. The van der Waals surface area contributed by atoms with Gasteiger partial charge in [0.05, 0.1) is 13.4 Å². The number of rotatable bonds is 6. The van der Waals surface area contributed by atoms with Crippen molar-refractivity contribution in [3.8, 4) is 23.1 Å². The van der Waals surface area contributed by atoms with Crippen LogP contribution in [-0.4, -0.2) is 47.8 Å². The molecule has 146 valence electrons. The first-order valence-corrected chi connectivity index (χ1v) is 9.15. The van der Waals surface area contributed by atoms with E-state index in [1.54, 1.807) is 42.5 Å². The topological polar surface area (TPSA) is 90.8 Å². The number of hydrogen-bond donors (Lipinski definition) is 0. The Bertz CT molecular complexity index is 914. The minimum absolute atomic E-state index is 0.0196. The predicted molar refractivity (Wildman–Crippen MR) is 99.0 cm³/mol. The third-order valence-electron chi connectivity index (χ3n) is 4.79. The van der Waals surface area contributed by atoms with Crippen LogP contribution in [0.15, 0.2) is 51.5 Å². The van der Waals surface area contributed by atoms with E-state index in [0.29, 0.717) is 42.1 Å². The summed E-state index contributed by atoms with van der Waals surface area (Å²) in [6, 6.07) is 10.8. The molecule has 0 unspecified atom stereocenters. The molecule has 1 aliphatic rings. The van der Waals surface area contributed by atoms with Gasteiger partial charge in [0.1, 0.15) is 0 Å². The zero-order valence-corrected chi connectivity index (χ0v) is 15.5. The lowest BCUT2D eigenvalue weighted by Gasteiger charge is -2.30. The molecule has 1 aromatic carbocycles. The highest BCUT2D eigenvalue weighted by atomic mass is 16.5. The largest absolute Gasteiger partial charge is 0.493 e. The van der Waals surface area contributed by atoms with E-state index in [1.807, 2.05) is 12.1 Å². The van der Waals surface area contributed by atoms with Crippen molar-refractivity contribution in [1.29, 1.82) is 0 Å². The van der Waals surface area contributed by atoms with Gasteiger partial charge < -0.3 is 23.2 Å². The average molecular weight is 383 g/mol. The molecule has 8 heteroatoms.